The van der Waals surface area contributed by atoms with Crippen molar-refractivity contribution < 1.29 is 0 Å². The van der Waals surface area contributed by atoms with E-state index in [1.54, 1.807) is 0 Å². The van der Waals surface area contributed by atoms with E-state index >= 15 is 0 Å². The highest BCUT2D eigenvalue weighted by atomic mass is 79.9. The summed E-state index contributed by atoms with van der Waals surface area (Å²) in [7, 11) is 0. The van der Waals surface area contributed by atoms with Gasteiger partial charge >= 0.3 is 0 Å². The summed E-state index contributed by atoms with van der Waals surface area (Å²) >= 11 is 8.80. The molecule has 0 saturated heterocycles. The SMILES string of the molecule is CC(C)(C)c1cc(=S)n(-c2ccc(Br)cc2)[nH]1. The van der Waals surface area contributed by atoms with Crippen molar-refractivity contribution in [1.82, 2.24) is 9.78 Å². The van der Waals surface area contributed by atoms with Gasteiger partial charge in [-0.25, -0.2) is 4.68 Å². The third-order valence-electron chi connectivity index (χ3n) is 2.61. The van der Waals surface area contributed by atoms with E-state index in [1.807, 2.05) is 35.0 Å². The smallest absolute Gasteiger partial charge is 0.127 e. The third kappa shape index (κ3) is 2.69. The third-order valence-corrected chi connectivity index (χ3v) is 3.44. The Balaban J connectivity index is 2.50. The largest absolute Gasteiger partial charge is 0.296 e. The fraction of sp³-hybridized carbons (Fsp3) is 0.308. The summed E-state index contributed by atoms with van der Waals surface area (Å²) in [6.45, 7) is 6.50. The Bertz CT molecular complexity index is 573. The Morgan fingerprint density at radius 3 is 2.24 bits per heavy atom. The van der Waals surface area contributed by atoms with Gasteiger partial charge in [-0.2, -0.15) is 0 Å². The van der Waals surface area contributed by atoms with Gasteiger partial charge in [-0.1, -0.05) is 48.9 Å². The molecule has 1 N–H and O–H groups in total. The highest BCUT2D eigenvalue weighted by Crippen LogP contribution is 2.22. The minimum absolute atomic E-state index is 0.0776. The summed E-state index contributed by atoms with van der Waals surface area (Å²) in [4.78, 5) is 0. The van der Waals surface area contributed by atoms with Crippen LogP contribution < -0.4 is 0 Å². The summed E-state index contributed by atoms with van der Waals surface area (Å²) in [5.41, 5.74) is 2.27. The Kier molecular flexibility index (Phi) is 3.27. The molecular weight excluding hydrogens is 296 g/mol. The van der Waals surface area contributed by atoms with E-state index in [4.69, 9.17) is 12.2 Å². The van der Waals surface area contributed by atoms with Gasteiger partial charge in [-0.05, 0) is 30.3 Å². The normalized spacial score (nSPS) is 11.8. The number of hydrogen-bond acceptors (Lipinski definition) is 1. The van der Waals surface area contributed by atoms with Crippen LogP contribution in [0.4, 0.5) is 0 Å². The maximum Gasteiger partial charge on any atom is 0.127 e. The molecule has 0 amide bonds. The van der Waals surface area contributed by atoms with Crippen molar-refractivity contribution in [3.05, 3.63) is 45.1 Å². The Morgan fingerprint density at radius 2 is 1.76 bits per heavy atom. The second kappa shape index (κ2) is 4.42. The molecule has 1 heterocycles. The first-order valence-corrected chi connectivity index (χ1v) is 6.66. The van der Waals surface area contributed by atoms with E-state index < -0.39 is 0 Å². The molecule has 17 heavy (non-hydrogen) atoms. The van der Waals surface area contributed by atoms with Gasteiger partial charge < -0.3 is 0 Å². The van der Waals surface area contributed by atoms with Crippen LogP contribution in [0.5, 0.6) is 0 Å². The zero-order valence-electron chi connectivity index (χ0n) is 10.1. The number of benzene rings is 1. The predicted molar refractivity (Wildman–Crippen MR) is 77.4 cm³/mol. The van der Waals surface area contributed by atoms with E-state index in [2.05, 4.69) is 41.8 Å². The van der Waals surface area contributed by atoms with Crippen molar-refractivity contribution in [3.8, 4) is 5.69 Å². The average Bonchev–Trinajstić information content (AvgIpc) is 2.61. The average molecular weight is 311 g/mol. The molecule has 1 aromatic carbocycles. The van der Waals surface area contributed by atoms with Gasteiger partial charge in [0.15, 0.2) is 0 Å². The van der Waals surface area contributed by atoms with Crippen LogP contribution in [0.1, 0.15) is 26.5 Å². The molecule has 1 aromatic heterocycles. The number of hydrogen-bond donors (Lipinski definition) is 1. The lowest BCUT2D eigenvalue weighted by atomic mass is 9.93. The van der Waals surface area contributed by atoms with Gasteiger partial charge in [-0.15, -0.1) is 0 Å². The van der Waals surface area contributed by atoms with Crippen LogP contribution in [-0.2, 0) is 5.41 Å². The minimum atomic E-state index is 0.0776. The summed E-state index contributed by atoms with van der Waals surface area (Å²) in [6.07, 6.45) is 0. The fourth-order valence-corrected chi connectivity index (χ4v) is 2.10. The number of nitrogens with one attached hydrogen (secondary N) is 1. The summed E-state index contributed by atoms with van der Waals surface area (Å²) in [5.74, 6) is 0. The maximum atomic E-state index is 5.38. The van der Waals surface area contributed by atoms with Gasteiger partial charge in [0.25, 0.3) is 0 Å². The molecule has 0 saturated carbocycles. The van der Waals surface area contributed by atoms with Crippen molar-refractivity contribution in [2.75, 3.05) is 0 Å². The van der Waals surface area contributed by atoms with Crippen LogP contribution in [0.2, 0.25) is 0 Å². The predicted octanol–water partition coefficient (Wildman–Crippen LogP) is 4.59. The van der Waals surface area contributed by atoms with Crippen LogP contribution in [0.3, 0.4) is 0 Å². The van der Waals surface area contributed by atoms with Gasteiger partial charge in [-0.3, -0.25) is 5.10 Å². The standard InChI is InChI=1S/C13H15BrN2S/c1-13(2,3)11-8-12(17)16(15-11)10-6-4-9(14)5-7-10/h4-8,15H,1-3H3. The van der Waals surface area contributed by atoms with Crippen molar-refractivity contribution >= 4 is 28.1 Å². The molecule has 0 atom stereocenters. The van der Waals surface area contributed by atoms with E-state index in [0.29, 0.717) is 0 Å². The van der Waals surface area contributed by atoms with Crippen LogP contribution in [0, 0.1) is 4.64 Å². The first kappa shape index (κ1) is 12.6. The number of rotatable bonds is 1. The topological polar surface area (TPSA) is 20.7 Å². The molecule has 0 radical (unpaired) electrons. The number of aromatic nitrogens is 2. The summed E-state index contributed by atoms with van der Waals surface area (Å²) in [5, 5.41) is 3.35. The van der Waals surface area contributed by atoms with Gasteiger partial charge in [0.05, 0.1) is 5.69 Å². The molecule has 0 aliphatic rings. The molecule has 2 nitrogen and oxygen atoms in total. The van der Waals surface area contributed by atoms with Crippen molar-refractivity contribution in [1.29, 1.82) is 0 Å². The molecule has 90 valence electrons. The Hall–Kier alpha value is -0.870. The monoisotopic (exact) mass is 310 g/mol. The second-order valence-corrected chi connectivity index (χ2v) is 6.40. The molecule has 0 spiro atoms. The molecule has 2 aromatic rings. The zero-order chi connectivity index (χ0) is 12.6. The second-order valence-electron chi connectivity index (χ2n) is 5.07. The maximum absolute atomic E-state index is 5.38. The van der Waals surface area contributed by atoms with Crippen molar-refractivity contribution in [3.63, 3.8) is 0 Å². The molecule has 0 fully saturated rings. The lowest BCUT2D eigenvalue weighted by Crippen LogP contribution is -2.12. The minimum Gasteiger partial charge on any atom is -0.296 e. The zero-order valence-corrected chi connectivity index (χ0v) is 12.5. The number of nitrogens with zero attached hydrogens (tertiary/aromatic N) is 1. The van der Waals surface area contributed by atoms with E-state index in [9.17, 15) is 0 Å². The fourth-order valence-electron chi connectivity index (χ4n) is 1.56. The van der Waals surface area contributed by atoms with Gasteiger partial charge in [0.1, 0.15) is 4.64 Å². The molecule has 0 unspecified atom stereocenters. The van der Waals surface area contributed by atoms with Crippen LogP contribution in [-0.4, -0.2) is 9.78 Å². The summed E-state index contributed by atoms with van der Waals surface area (Å²) < 4.78 is 3.80. The lowest BCUT2D eigenvalue weighted by Gasteiger charge is -2.15. The quantitative estimate of drug-likeness (QED) is 0.764. The highest BCUT2D eigenvalue weighted by Gasteiger charge is 2.16. The van der Waals surface area contributed by atoms with Crippen molar-refractivity contribution in [2.45, 2.75) is 26.2 Å². The van der Waals surface area contributed by atoms with Crippen LogP contribution in [0.15, 0.2) is 34.8 Å². The first-order chi connectivity index (χ1) is 7.88. The summed E-state index contributed by atoms with van der Waals surface area (Å²) in [6, 6.07) is 10.1. The number of halogens is 1. The Morgan fingerprint density at radius 1 is 1.18 bits per heavy atom. The van der Waals surface area contributed by atoms with Gasteiger partial charge in [0, 0.05) is 15.6 Å². The number of H-pyrrole nitrogens is 1. The van der Waals surface area contributed by atoms with Crippen molar-refractivity contribution in [2.24, 2.45) is 0 Å². The first-order valence-electron chi connectivity index (χ1n) is 5.46. The lowest BCUT2D eigenvalue weighted by molar-refractivity contribution is 0.560. The molecule has 0 aliphatic carbocycles. The highest BCUT2D eigenvalue weighted by molar-refractivity contribution is 9.10. The van der Waals surface area contributed by atoms with Gasteiger partial charge in [0.2, 0.25) is 0 Å². The molecule has 0 aliphatic heterocycles. The van der Waals surface area contributed by atoms with E-state index in [-0.39, 0.29) is 5.41 Å². The Labute approximate surface area is 115 Å². The van der Waals surface area contributed by atoms with Crippen LogP contribution >= 0.6 is 28.1 Å². The van der Waals surface area contributed by atoms with E-state index in [1.165, 1.54) is 0 Å². The van der Waals surface area contributed by atoms with Crippen LogP contribution in [0.25, 0.3) is 5.69 Å². The van der Waals surface area contributed by atoms with E-state index in [0.717, 1.165) is 20.5 Å². The molecule has 0 bridgehead atoms. The number of aromatic amines is 1. The molecule has 4 heteroatoms. The molecule has 2 rings (SSSR count). The molecular formula is C13H15BrN2S.